The molecule has 1 aromatic heterocycles. The molecule has 5 rings (SSSR count). The van der Waals surface area contributed by atoms with Crippen molar-refractivity contribution in [1.82, 2.24) is 0 Å². The van der Waals surface area contributed by atoms with Crippen LogP contribution in [-0.2, 0) is 14.2 Å². The maximum Gasteiger partial charge on any atom is 0.229 e. The van der Waals surface area contributed by atoms with Crippen LogP contribution in [-0.4, -0.2) is 116 Å². The highest BCUT2D eigenvalue weighted by molar-refractivity contribution is 5.86. The van der Waals surface area contributed by atoms with Gasteiger partial charge in [0, 0.05) is 23.8 Å². The van der Waals surface area contributed by atoms with Crippen LogP contribution in [0.5, 0.6) is 23.0 Å². The first-order chi connectivity index (χ1) is 20.4. The number of benzene rings is 2. The normalized spacial score (nSPS) is 32.9. The number of hydrogen-bond donors (Lipinski definition) is 8. The molecule has 0 radical (unpaired) electrons. The van der Waals surface area contributed by atoms with Gasteiger partial charge in [-0.05, 0) is 25.1 Å². The van der Waals surface area contributed by atoms with Gasteiger partial charge in [-0.25, -0.2) is 0 Å². The molecule has 15 heteroatoms. The second-order valence-electron chi connectivity index (χ2n) is 10.3. The highest BCUT2D eigenvalue weighted by Gasteiger charge is 2.47. The number of rotatable bonds is 7. The summed E-state index contributed by atoms with van der Waals surface area (Å²) in [6.45, 7) is 0.953. The lowest BCUT2D eigenvalue weighted by Gasteiger charge is -2.42. The maximum atomic E-state index is 12.8. The van der Waals surface area contributed by atoms with Crippen LogP contribution in [0.25, 0.3) is 22.3 Å². The Balaban J connectivity index is 1.36. The van der Waals surface area contributed by atoms with E-state index >= 15 is 0 Å². The molecule has 43 heavy (non-hydrogen) atoms. The summed E-state index contributed by atoms with van der Waals surface area (Å²) in [5.74, 6) is -0.605. The van der Waals surface area contributed by atoms with E-state index in [4.69, 9.17) is 28.1 Å². The fourth-order valence-corrected chi connectivity index (χ4v) is 4.92. The molecule has 234 valence electrons. The Kier molecular flexibility index (Phi) is 8.80. The molecule has 0 unspecified atom stereocenters. The van der Waals surface area contributed by atoms with Crippen LogP contribution in [0.4, 0.5) is 0 Å². The molecule has 0 aliphatic carbocycles. The molecule has 2 aliphatic heterocycles. The van der Waals surface area contributed by atoms with Crippen molar-refractivity contribution in [2.24, 2.45) is 0 Å². The Labute approximate surface area is 243 Å². The smallest absolute Gasteiger partial charge is 0.229 e. The average Bonchev–Trinajstić information content (AvgIpc) is 2.97. The summed E-state index contributed by atoms with van der Waals surface area (Å²) in [5.41, 5.74) is -0.381. The summed E-state index contributed by atoms with van der Waals surface area (Å²) >= 11 is 0. The highest BCUT2D eigenvalue weighted by Crippen LogP contribution is 2.35. The number of ether oxygens (including phenoxy) is 5. The molecule has 2 saturated heterocycles. The standard InChI is InChI=1S/C28H32O15/c1-10-21(32)23(34)25(36)27(40-10)39-9-19-22(33)24(35)26(37)28(43-19)41-12-6-14(30)20-15(31)8-17(42-18(20)7-12)11-3-4-16(38-2)13(29)5-11/h3-8,10,19,21-30,32-37H,9H2,1-2H3/t10-,19-,21+,22+,23-,24-,25-,26-,27-,28+/m1/s1. The van der Waals surface area contributed by atoms with Crippen LogP contribution in [0.2, 0.25) is 0 Å². The van der Waals surface area contributed by atoms with Gasteiger partial charge < -0.3 is 69.0 Å². The van der Waals surface area contributed by atoms with Crippen molar-refractivity contribution in [3.05, 3.63) is 46.6 Å². The van der Waals surface area contributed by atoms with Crippen LogP contribution in [0, 0.1) is 0 Å². The van der Waals surface area contributed by atoms with Crippen LogP contribution in [0.3, 0.4) is 0 Å². The zero-order valence-electron chi connectivity index (χ0n) is 22.9. The summed E-state index contributed by atoms with van der Waals surface area (Å²) in [5, 5.41) is 82.0. The largest absolute Gasteiger partial charge is 0.507 e. The SMILES string of the molecule is COc1ccc(-c2cc(=O)c3c(O)cc(O[C@H]4O[C@H](CO[C@@H]5O[C@H](C)[C@H](O)[C@@H](O)[C@H]5O)[C@H](O)[C@@H](O)[C@H]4O)cc3o2)cc1O. The zero-order valence-corrected chi connectivity index (χ0v) is 22.9. The summed E-state index contributed by atoms with van der Waals surface area (Å²) < 4.78 is 32.9. The average molecular weight is 609 g/mol. The molecule has 0 spiro atoms. The van der Waals surface area contributed by atoms with Crippen molar-refractivity contribution in [2.75, 3.05) is 13.7 Å². The Morgan fingerprint density at radius 1 is 0.791 bits per heavy atom. The minimum Gasteiger partial charge on any atom is -0.507 e. The molecule has 10 atom stereocenters. The number of aliphatic hydroxyl groups excluding tert-OH is 6. The van der Waals surface area contributed by atoms with E-state index in [2.05, 4.69) is 0 Å². The third-order valence-electron chi connectivity index (χ3n) is 7.40. The Bertz CT molecular complexity index is 1510. The first-order valence-corrected chi connectivity index (χ1v) is 13.3. The molecule has 2 fully saturated rings. The van der Waals surface area contributed by atoms with Crippen molar-refractivity contribution in [1.29, 1.82) is 0 Å². The van der Waals surface area contributed by atoms with Gasteiger partial charge in [0.1, 0.15) is 71.0 Å². The zero-order chi connectivity index (χ0) is 31.2. The van der Waals surface area contributed by atoms with Crippen molar-refractivity contribution < 1.29 is 69.0 Å². The summed E-state index contributed by atoms with van der Waals surface area (Å²) in [4.78, 5) is 12.8. The number of hydrogen-bond acceptors (Lipinski definition) is 15. The van der Waals surface area contributed by atoms with Gasteiger partial charge in [0.05, 0.1) is 19.8 Å². The van der Waals surface area contributed by atoms with Gasteiger partial charge in [-0.15, -0.1) is 0 Å². The van der Waals surface area contributed by atoms with Crippen LogP contribution >= 0.6 is 0 Å². The number of phenolic OH excluding ortho intramolecular Hbond substituents is 2. The van der Waals surface area contributed by atoms with E-state index in [1.807, 2.05) is 0 Å². The van der Waals surface area contributed by atoms with Gasteiger partial charge in [-0.3, -0.25) is 4.79 Å². The van der Waals surface area contributed by atoms with Crippen LogP contribution in [0.15, 0.2) is 45.6 Å². The predicted molar refractivity (Wildman–Crippen MR) is 143 cm³/mol. The third-order valence-corrected chi connectivity index (χ3v) is 7.40. The van der Waals surface area contributed by atoms with Gasteiger partial charge in [-0.2, -0.15) is 0 Å². The Morgan fingerprint density at radius 3 is 2.19 bits per heavy atom. The quantitative estimate of drug-likeness (QED) is 0.159. The van der Waals surface area contributed by atoms with Gasteiger partial charge in [0.15, 0.2) is 23.2 Å². The van der Waals surface area contributed by atoms with E-state index in [0.717, 1.165) is 12.1 Å². The first-order valence-electron chi connectivity index (χ1n) is 13.3. The predicted octanol–water partition coefficient (Wildman–Crippen LogP) is -1.09. The molecule has 0 saturated carbocycles. The first kappa shape index (κ1) is 30.9. The number of methoxy groups -OCH3 is 1. The van der Waals surface area contributed by atoms with Gasteiger partial charge in [-0.1, -0.05) is 0 Å². The molecular weight excluding hydrogens is 576 g/mol. The summed E-state index contributed by atoms with van der Waals surface area (Å²) in [6.07, 6.45) is -15.0. The lowest BCUT2D eigenvalue weighted by atomic mass is 9.98. The molecule has 2 aromatic carbocycles. The fraction of sp³-hybridized carbons (Fsp3) is 0.464. The van der Waals surface area contributed by atoms with Gasteiger partial charge >= 0.3 is 0 Å². The maximum absolute atomic E-state index is 12.8. The van der Waals surface area contributed by atoms with Crippen molar-refractivity contribution in [2.45, 2.75) is 68.3 Å². The van der Waals surface area contributed by atoms with Crippen LogP contribution in [0.1, 0.15) is 6.92 Å². The van der Waals surface area contributed by atoms with E-state index in [9.17, 15) is 45.6 Å². The lowest BCUT2D eigenvalue weighted by molar-refractivity contribution is -0.318. The molecule has 3 heterocycles. The number of aromatic hydroxyl groups is 2. The Hall–Kier alpha value is -3.51. The number of phenols is 2. The van der Waals surface area contributed by atoms with E-state index in [1.165, 1.54) is 32.2 Å². The van der Waals surface area contributed by atoms with Crippen molar-refractivity contribution in [3.63, 3.8) is 0 Å². The second kappa shape index (κ2) is 12.2. The molecule has 2 aliphatic rings. The van der Waals surface area contributed by atoms with E-state index < -0.39 is 79.2 Å². The summed E-state index contributed by atoms with van der Waals surface area (Å²) in [6, 6.07) is 7.78. The molecule has 3 aromatic rings. The van der Waals surface area contributed by atoms with E-state index in [-0.39, 0.29) is 34.0 Å². The van der Waals surface area contributed by atoms with Gasteiger partial charge in [0.2, 0.25) is 6.29 Å². The van der Waals surface area contributed by atoms with Crippen molar-refractivity contribution in [3.8, 4) is 34.3 Å². The molecule has 8 N–H and O–H groups in total. The lowest BCUT2D eigenvalue weighted by Crippen LogP contribution is -2.61. The Morgan fingerprint density at radius 2 is 1.49 bits per heavy atom. The number of fused-ring (bicyclic) bond motifs is 1. The van der Waals surface area contributed by atoms with Crippen LogP contribution < -0.4 is 14.9 Å². The van der Waals surface area contributed by atoms with E-state index in [0.29, 0.717) is 5.56 Å². The fourth-order valence-electron chi connectivity index (χ4n) is 4.92. The molecule has 15 nitrogen and oxygen atoms in total. The number of aliphatic hydroxyl groups is 6. The van der Waals surface area contributed by atoms with Crippen molar-refractivity contribution >= 4 is 11.0 Å². The molecule has 0 bridgehead atoms. The minimum atomic E-state index is -1.78. The monoisotopic (exact) mass is 608 g/mol. The summed E-state index contributed by atoms with van der Waals surface area (Å²) in [7, 11) is 1.38. The second-order valence-corrected chi connectivity index (χ2v) is 10.3. The third kappa shape index (κ3) is 5.99. The molecular formula is C28H32O15. The molecule has 0 amide bonds. The van der Waals surface area contributed by atoms with E-state index in [1.54, 1.807) is 6.07 Å². The highest BCUT2D eigenvalue weighted by atomic mass is 16.7. The minimum absolute atomic E-state index is 0.0517. The topological polar surface area (TPSA) is 238 Å². The van der Waals surface area contributed by atoms with Gasteiger partial charge in [0.25, 0.3) is 0 Å².